The Balaban J connectivity index is 1.28. The summed E-state index contributed by atoms with van der Waals surface area (Å²) >= 11 is 0. The molecule has 0 atom stereocenters. The highest BCUT2D eigenvalue weighted by atomic mass is 16.3. The van der Waals surface area contributed by atoms with Crippen molar-refractivity contribution in [3.63, 3.8) is 0 Å². The Morgan fingerprint density at radius 1 is 1.05 bits per heavy atom. The number of likely N-dealkylation sites (N-methyl/N-ethyl adjacent to an activating group) is 1. The molecule has 1 amide bonds. The monoisotopic (exact) mass is 524 g/mol. The van der Waals surface area contributed by atoms with Gasteiger partial charge in [0, 0.05) is 49.8 Å². The van der Waals surface area contributed by atoms with E-state index in [2.05, 4.69) is 42.1 Å². The molecule has 3 N–H and O–H groups in total. The number of aromatic nitrogens is 6. The highest BCUT2D eigenvalue weighted by Gasteiger charge is 2.23. The summed E-state index contributed by atoms with van der Waals surface area (Å²) in [5.41, 5.74) is 10.2. The topological polar surface area (TPSA) is 144 Å². The first-order valence-electron chi connectivity index (χ1n) is 12.7. The molecule has 0 saturated carbocycles. The van der Waals surface area contributed by atoms with E-state index < -0.39 is 5.91 Å². The Hall–Kier alpha value is -4.84. The molecule has 12 nitrogen and oxygen atoms in total. The fraction of sp³-hybridized carbons (Fsp3) is 0.259. The van der Waals surface area contributed by atoms with Crippen molar-refractivity contribution in [1.29, 1.82) is 0 Å². The van der Waals surface area contributed by atoms with Crippen molar-refractivity contribution in [2.24, 2.45) is 0 Å². The maximum Gasteiger partial charge on any atom is 0.274 e. The predicted octanol–water partition coefficient (Wildman–Crippen LogP) is 2.41. The van der Waals surface area contributed by atoms with Crippen molar-refractivity contribution in [2.45, 2.75) is 13.5 Å². The maximum atomic E-state index is 13.3. The lowest BCUT2D eigenvalue weighted by atomic mass is 10.1. The number of aryl methyl sites for hydroxylation is 1. The Kier molecular flexibility index (Phi) is 6.37. The van der Waals surface area contributed by atoms with Gasteiger partial charge in [-0.3, -0.25) is 4.79 Å². The first-order chi connectivity index (χ1) is 19.0. The number of piperazine rings is 1. The van der Waals surface area contributed by atoms with Crippen LogP contribution in [0.2, 0.25) is 0 Å². The van der Waals surface area contributed by atoms with Crippen molar-refractivity contribution in [2.75, 3.05) is 43.9 Å². The van der Waals surface area contributed by atoms with Gasteiger partial charge in [0.05, 0.1) is 18.4 Å². The van der Waals surface area contributed by atoms with Crippen LogP contribution in [0.1, 0.15) is 21.9 Å². The molecule has 0 bridgehead atoms. The molecule has 0 unspecified atom stereocenters. The van der Waals surface area contributed by atoms with Gasteiger partial charge in [0.2, 0.25) is 5.89 Å². The van der Waals surface area contributed by atoms with Crippen LogP contribution >= 0.6 is 0 Å². The van der Waals surface area contributed by atoms with E-state index in [1.165, 1.54) is 12.5 Å². The van der Waals surface area contributed by atoms with Gasteiger partial charge >= 0.3 is 0 Å². The zero-order chi connectivity index (χ0) is 26.9. The van der Waals surface area contributed by atoms with E-state index in [1.807, 2.05) is 47.9 Å². The number of pyridine rings is 2. The lowest BCUT2D eigenvalue weighted by Gasteiger charge is -2.33. The lowest BCUT2D eigenvalue weighted by molar-refractivity contribution is 0.0946. The third kappa shape index (κ3) is 4.89. The van der Waals surface area contributed by atoms with Crippen LogP contribution in [0, 0.1) is 6.92 Å². The van der Waals surface area contributed by atoms with Crippen LogP contribution in [0.15, 0.2) is 59.6 Å². The summed E-state index contributed by atoms with van der Waals surface area (Å²) in [7, 11) is 2.12. The number of carbonyl (C=O) groups is 1. The van der Waals surface area contributed by atoms with E-state index in [4.69, 9.17) is 15.1 Å². The van der Waals surface area contributed by atoms with Crippen LogP contribution in [-0.2, 0) is 6.54 Å². The lowest BCUT2D eigenvalue weighted by Crippen LogP contribution is -2.44. The zero-order valence-electron chi connectivity index (χ0n) is 21.7. The van der Waals surface area contributed by atoms with Gasteiger partial charge in [0.1, 0.15) is 23.4 Å². The number of hydrogen-bond donors (Lipinski definition) is 2. The second-order valence-corrected chi connectivity index (χ2v) is 9.50. The minimum absolute atomic E-state index is 0.0120. The molecule has 5 aromatic heterocycles. The van der Waals surface area contributed by atoms with Gasteiger partial charge in [0.25, 0.3) is 5.91 Å². The summed E-state index contributed by atoms with van der Waals surface area (Å²) in [6.07, 6.45) is 6.64. The molecule has 5 aromatic rings. The first-order valence-corrected chi connectivity index (χ1v) is 12.7. The number of oxazole rings is 1. The number of imidazole rings is 1. The van der Waals surface area contributed by atoms with Crippen LogP contribution in [0.3, 0.4) is 0 Å². The second-order valence-electron chi connectivity index (χ2n) is 9.50. The molecule has 1 saturated heterocycles. The molecule has 1 aliphatic heterocycles. The Labute approximate surface area is 224 Å². The van der Waals surface area contributed by atoms with Crippen LogP contribution in [0.5, 0.6) is 0 Å². The van der Waals surface area contributed by atoms with E-state index >= 15 is 0 Å². The number of anilines is 2. The number of rotatable bonds is 6. The number of amides is 1. The van der Waals surface area contributed by atoms with Crippen molar-refractivity contribution in [3.8, 4) is 22.8 Å². The van der Waals surface area contributed by atoms with E-state index in [0.717, 1.165) is 49.0 Å². The Morgan fingerprint density at radius 2 is 1.90 bits per heavy atom. The molecule has 0 spiro atoms. The zero-order valence-corrected chi connectivity index (χ0v) is 21.7. The number of carbonyl (C=O) groups excluding carboxylic acids is 1. The number of nitrogens with two attached hydrogens (primary N) is 1. The van der Waals surface area contributed by atoms with E-state index in [9.17, 15) is 4.79 Å². The van der Waals surface area contributed by atoms with Crippen LogP contribution in [0.25, 0.3) is 28.5 Å². The van der Waals surface area contributed by atoms with Gasteiger partial charge in [-0.2, -0.15) is 0 Å². The van der Waals surface area contributed by atoms with Gasteiger partial charge in [-0.25, -0.2) is 24.9 Å². The Bertz CT molecular complexity index is 1640. The summed E-state index contributed by atoms with van der Waals surface area (Å²) in [6.45, 7) is 5.97. The highest BCUT2D eigenvalue weighted by molar-refractivity contribution is 5.97. The quantitative estimate of drug-likeness (QED) is 0.340. The molecule has 1 aliphatic rings. The van der Waals surface area contributed by atoms with Crippen molar-refractivity contribution < 1.29 is 9.21 Å². The van der Waals surface area contributed by atoms with Crippen LogP contribution < -0.4 is 16.0 Å². The van der Waals surface area contributed by atoms with E-state index in [0.29, 0.717) is 17.0 Å². The van der Waals surface area contributed by atoms with Crippen LogP contribution in [-0.4, -0.2) is 73.4 Å². The molecule has 39 heavy (non-hydrogen) atoms. The van der Waals surface area contributed by atoms with Crippen molar-refractivity contribution >= 4 is 23.2 Å². The minimum Gasteiger partial charge on any atom is -0.443 e. The van der Waals surface area contributed by atoms with Gasteiger partial charge in [-0.1, -0.05) is 6.07 Å². The molecule has 1 fully saturated rings. The number of nitrogens with zero attached hydrogens (tertiary/aromatic N) is 8. The Morgan fingerprint density at radius 3 is 2.69 bits per heavy atom. The normalized spacial score (nSPS) is 14.2. The van der Waals surface area contributed by atoms with Gasteiger partial charge < -0.3 is 29.7 Å². The minimum atomic E-state index is -0.452. The third-order valence-electron chi connectivity index (χ3n) is 6.79. The fourth-order valence-corrected chi connectivity index (χ4v) is 4.58. The molecular formula is C27H28N10O2. The predicted molar refractivity (Wildman–Crippen MR) is 146 cm³/mol. The van der Waals surface area contributed by atoms with Gasteiger partial charge in [-0.15, -0.1) is 0 Å². The first kappa shape index (κ1) is 24.5. The smallest absolute Gasteiger partial charge is 0.274 e. The second kappa shape index (κ2) is 10.1. The largest absolute Gasteiger partial charge is 0.443 e. The summed E-state index contributed by atoms with van der Waals surface area (Å²) < 4.78 is 7.44. The maximum absolute atomic E-state index is 13.3. The molecule has 0 aromatic carbocycles. The van der Waals surface area contributed by atoms with E-state index in [-0.39, 0.29) is 23.9 Å². The van der Waals surface area contributed by atoms with E-state index in [1.54, 1.807) is 6.20 Å². The molecule has 6 heterocycles. The molecule has 0 aliphatic carbocycles. The molecule has 198 valence electrons. The third-order valence-corrected chi connectivity index (χ3v) is 6.79. The number of hydrogen-bond acceptors (Lipinski definition) is 10. The standard InChI is InChI=1S/C27H28N10O2/c1-17-14-30-20-7-6-18(16-37(17)20)22-23(27-29-8-13-39-27)34-25(28)24(33-22)26(38)31-15-19-4-3-5-21(32-19)36-11-9-35(2)10-12-36/h3-8,13-14,16H,9-12,15H2,1-2H3,(H2,28,34)(H,31,38). The average molecular weight is 525 g/mol. The molecule has 0 radical (unpaired) electrons. The SMILES string of the molecule is Cc1cnc2ccc(-c3nc(C(=O)NCc4cccc(N5CCN(C)CC5)n4)c(N)nc3-c3ncco3)cn12. The number of fused-ring (bicyclic) bond motifs is 1. The number of nitrogens with one attached hydrogen (secondary N) is 1. The van der Waals surface area contributed by atoms with Crippen LogP contribution in [0.4, 0.5) is 11.6 Å². The van der Waals surface area contributed by atoms with Crippen molar-refractivity contribution in [3.05, 3.63) is 72.3 Å². The summed E-state index contributed by atoms with van der Waals surface area (Å²) in [5.74, 6) is 0.677. The number of nitrogen functional groups attached to an aromatic ring is 1. The summed E-state index contributed by atoms with van der Waals surface area (Å²) in [4.78, 5) is 40.3. The average Bonchev–Trinajstić information content (AvgIpc) is 3.62. The summed E-state index contributed by atoms with van der Waals surface area (Å²) in [5, 5.41) is 2.90. The fourth-order valence-electron chi connectivity index (χ4n) is 4.58. The van der Waals surface area contributed by atoms with Gasteiger partial charge in [-0.05, 0) is 38.2 Å². The van der Waals surface area contributed by atoms with Crippen molar-refractivity contribution in [1.82, 2.24) is 39.5 Å². The highest BCUT2D eigenvalue weighted by Crippen LogP contribution is 2.30. The molecule has 6 rings (SSSR count). The molecule has 12 heteroatoms. The molecular weight excluding hydrogens is 496 g/mol. The summed E-state index contributed by atoms with van der Waals surface area (Å²) in [6, 6.07) is 9.57. The van der Waals surface area contributed by atoms with Gasteiger partial charge in [0.15, 0.2) is 17.2 Å².